The van der Waals surface area contributed by atoms with E-state index in [0.29, 0.717) is 12.5 Å². The number of likely N-dealkylation sites (tertiary alicyclic amines) is 1. The van der Waals surface area contributed by atoms with Crippen LogP contribution in [0, 0.1) is 11.3 Å². The fraction of sp³-hybridized carbons (Fsp3) is 0.909. The lowest BCUT2D eigenvalue weighted by Gasteiger charge is -2.26. The number of aliphatic hydroxyl groups excluding tert-OH is 1. The Hall–Kier alpha value is -0.610. The van der Waals surface area contributed by atoms with E-state index in [1.807, 2.05) is 4.90 Å². The molecule has 1 heterocycles. The Morgan fingerprint density at radius 3 is 3.00 bits per heavy atom. The highest BCUT2D eigenvalue weighted by atomic mass is 16.3. The number of fused-ring (bicyclic) bond motifs is 1. The van der Waals surface area contributed by atoms with Gasteiger partial charge in [0.1, 0.15) is 0 Å². The summed E-state index contributed by atoms with van der Waals surface area (Å²) in [5.74, 6) is 0.516. The molecule has 3 N–H and O–H groups in total. The van der Waals surface area contributed by atoms with Crippen molar-refractivity contribution in [2.75, 3.05) is 19.7 Å². The van der Waals surface area contributed by atoms with Gasteiger partial charge in [-0.1, -0.05) is 6.42 Å². The molecule has 1 amide bonds. The quantitative estimate of drug-likeness (QED) is 0.674. The van der Waals surface area contributed by atoms with Crippen LogP contribution < -0.4 is 5.73 Å². The zero-order chi connectivity index (χ0) is 11.1. The highest BCUT2D eigenvalue weighted by Gasteiger charge is 2.50. The van der Waals surface area contributed by atoms with Crippen LogP contribution in [0.4, 0.5) is 0 Å². The Morgan fingerprint density at radius 1 is 1.73 bits per heavy atom. The van der Waals surface area contributed by atoms with Crippen molar-refractivity contribution in [1.82, 2.24) is 4.90 Å². The van der Waals surface area contributed by atoms with Gasteiger partial charge in [0, 0.05) is 18.5 Å². The van der Waals surface area contributed by atoms with E-state index in [0.717, 1.165) is 19.4 Å². The van der Waals surface area contributed by atoms with Crippen LogP contribution in [0.25, 0.3) is 0 Å². The normalized spacial score (nSPS) is 36.7. The van der Waals surface area contributed by atoms with Gasteiger partial charge in [-0.05, 0) is 25.7 Å². The molecule has 15 heavy (non-hydrogen) atoms. The van der Waals surface area contributed by atoms with Gasteiger partial charge < -0.3 is 15.7 Å². The minimum atomic E-state index is -0.417. The average molecular weight is 212 g/mol. The van der Waals surface area contributed by atoms with Gasteiger partial charge in [0.25, 0.3) is 0 Å². The molecule has 4 nitrogen and oxygen atoms in total. The van der Waals surface area contributed by atoms with E-state index in [2.05, 4.69) is 0 Å². The molecule has 2 aliphatic rings. The molecule has 1 aliphatic heterocycles. The summed E-state index contributed by atoms with van der Waals surface area (Å²) in [6.07, 6.45) is 3.38. The number of hydrogen-bond acceptors (Lipinski definition) is 3. The first kappa shape index (κ1) is 10.9. The van der Waals surface area contributed by atoms with Crippen LogP contribution in [0.2, 0.25) is 0 Å². The number of rotatable bonds is 2. The highest BCUT2D eigenvalue weighted by Crippen LogP contribution is 2.48. The summed E-state index contributed by atoms with van der Waals surface area (Å²) < 4.78 is 0. The van der Waals surface area contributed by atoms with Crippen molar-refractivity contribution in [3.8, 4) is 0 Å². The largest absolute Gasteiger partial charge is 0.396 e. The summed E-state index contributed by atoms with van der Waals surface area (Å²) >= 11 is 0. The van der Waals surface area contributed by atoms with E-state index < -0.39 is 6.04 Å². The zero-order valence-corrected chi connectivity index (χ0v) is 9.28. The molecule has 0 radical (unpaired) electrons. The van der Waals surface area contributed by atoms with Crippen molar-refractivity contribution in [3.05, 3.63) is 0 Å². The number of carbonyl (C=O) groups is 1. The van der Waals surface area contributed by atoms with Crippen LogP contribution in [0.15, 0.2) is 0 Å². The van der Waals surface area contributed by atoms with Crippen molar-refractivity contribution < 1.29 is 9.90 Å². The number of nitrogens with two attached hydrogens (primary N) is 1. The second-order valence-corrected chi connectivity index (χ2v) is 5.12. The fourth-order valence-corrected chi connectivity index (χ4v) is 3.13. The molecule has 2 fully saturated rings. The third-order valence-electron chi connectivity index (χ3n) is 4.06. The zero-order valence-electron chi connectivity index (χ0n) is 9.28. The monoisotopic (exact) mass is 212 g/mol. The molecule has 2 rings (SSSR count). The molecule has 3 atom stereocenters. The molecule has 0 aromatic carbocycles. The molecule has 0 aromatic heterocycles. The lowest BCUT2D eigenvalue weighted by Crippen LogP contribution is -2.42. The molecule has 1 aliphatic carbocycles. The van der Waals surface area contributed by atoms with Crippen LogP contribution in [0.5, 0.6) is 0 Å². The first-order chi connectivity index (χ1) is 7.09. The maximum absolute atomic E-state index is 11.8. The van der Waals surface area contributed by atoms with Crippen molar-refractivity contribution in [2.45, 2.75) is 32.2 Å². The van der Waals surface area contributed by atoms with Crippen molar-refractivity contribution in [3.63, 3.8) is 0 Å². The minimum Gasteiger partial charge on any atom is -0.396 e. The molecule has 1 saturated heterocycles. The predicted molar refractivity (Wildman–Crippen MR) is 57.1 cm³/mol. The first-order valence-electron chi connectivity index (χ1n) is 5.74. The molecular weight excluding hydrogens is 192 g/mol. The summed E-state index contributed by atoms with van der Waals surface area (Å²) in [6.45, 7) is 3.43. The van der Waals surface area contributed by atoms with E-state index in [1.165, 1.54) is 6.42 Å². The van der Waals surface area contributed by atoms with Gasteiger partial charge >= 0.3 is 0 Å². The summed E-state index contributed by atoms with van der Waals surface area (Å²) in [7, 11) is 0. The number of hydrogen-bond donors (Lipinski definition) is 2. The standard InChI is InChI=1S/C11H20N2O2/c1-8(12)10(15)13-5-9-3-2-4-11(9,6-13)7-14/h8-9,14H,2-7,12H2,1H3. The smallest absolute Gasteiger partial charge is 0.239 e. The van der Waals surface area contributed by atoms with E-state index in [1.54, 1.807) is 6.92 Å². The van der Waals surface area contributed by atoms with Gasteiger partial charge in [-0.15, -0.1) is 0 Å². The lowest BCUT2D eigenvalue weighted by atomic mass is 9.82. The lowest BCUT2D eigenvalue weighted by molar-refractivity contribution is -0.131. The Morgan fingerprint density at radius 2 is 2.47 bits per heavy atom. The van der Waals surface area contributed by atoms with E-state index >= 15 is 0 Å². The molecular formula is C11H20N2O2. The molecule has 4 heteroatoms. The van der Waals surface area contributed by atoms with Gasteiger partial charge in [0.15, 0.2) is 0 Å². The van der Waals surface area contributed by atoms with Crippen LogP contribution >= 0.6 is 0 Å². The molecule has 0 spiro atoms. The molecule has 0 bridgehead atoms. The van der Waals surface area contributed by atoms with Crippen molar-refractivity contribution in [1.29, 1.82) is 0 Å². The highest BCUT2D eigenvalue weighted by molar-refractivity contribution is 5.81. The second kappa shape index (κ2) is 3.76. The maximum atomic E-state index is 11.8. The summed E-state index contributed by atoms with van der Waals surface area (Å²) in [4.78, 5) is 13.6. The maximum Gasteiger partial charge on any atom is 0.239 e. The molecule has 0 aromatic rings. The molecule has 3 unspecified atom stereocenters. The third-order valence-corrected chi connectivity index (χ3v) is 4.06. The summed E-state index contributed by atoms with van der Waals surface area (Å²) in [5.41, 5.74) is 5.59. The van der Waals surface area contributed by atoms with Gasteiger partial charge in [-0.3, -0.25) is 4.79 Å². The van der Waals surface area contributed by atoms with Gasteiger partial charge in [0.2, 0.25) is 5.91 Å². The summed E-state index contributed by atoms with van der Waals surface area (Å²) in [5, 5.41) is 9.50. The fourth-order valence-electron chi connectivity index (χ4n) is 3.13. The van der Waals surface area contributed by atoms with Crippen molar-refractivity contribution in [2.24, 2.45) is 17.1 Å². The predicted octanol–water partition coefficient (Wildman–Crippen LogP) is -0.0454. The van der Waals surface area contributed by atoms with Gasteiger partial charge in [0.05, 0.1) is 12.6 Å². The first-order valence-corrected chi connectivity index (χ1v) is 5.74. The third kappa shape index (κ3) is 1.66. The van der Waals surface area contributed by atoms with E-state index in [-0.39, 0.29) is 17.9 Å². The Kier molecular flexibility index (Phi) is 2.73. The Bertz CT molecular complexity index is 267. The number of aliphatic hydroxyl groups is 1. The van der Waals surface area contributed by atoms with Crippen LogP contribution in [0.1, 0.15) is 26.2 Å². The van der Waals surface area contributed by atoms with Crippen molar-refractivity contribution >= 4 is 5.91 Å². The number of nitrogens with zero attached hydrogens (tertiary/aromatic N) is 1. The molecule has 1 saturated carbocycles. The number of amides is 1. The number of carbonyl (C=O) groups excluding carboxylic acids is 1. The Balaban J connectivity index is 2.08. The van der Waals surface area contributed by atoms with Gasteiger partial charge in [-0.2, -0.15) is 0 Å². The Labute approximate surface area is 90.4 Å². The molecule has 86 valence electrons. The summed E-state index contributed by atoms with van der Waals surface area (Å²) in [6, 6.07) is -0.417. The van der Waals surface area contributed by atoms with Crippen LogP contribution in [0.3, 0.4) is 0 Å². The van der Waals surface area contributed by atoms with Crippen LogP contribution in [-0.2, 0) is 4.79 Å². The van der Waals surface area contributed by atoms with Crippen LogP contribution in [-0.4, -0.2) is 41.7 Å². The minimum absolute atomic E-state index is 0.00937. The van der Waals surface area contributed by atoms with Gasteiger partial charge in [-0.25, -0.2) is 0 Å². The van der Waals surface area contributed by atoms with E-state index in [4.69, 9.17) is 5.73 Å². The topological polar surface area (TPSA) is 66.6 Å². The second-order valence-electron chi connectivity index (χ2n) is 5.12. The van der Waals surface area contributed by atoms with E-state index in [9.17, 15) is 9.90 Å². The average Bonchev–Trinajstić information content (AvgIpc) is 2.72. The SMILES string of the molecule is CC(N)C(=O)N1CC2CCCC2(CO)C1.